The zero-order valence-electron chi connectivity index (χ0n) is 21.8. The van der Waals surface area contributed by atoms with Crippen LogP contribution in [-0.2, 0) is 19.1 Å². The van der Waals surface area contributed by atoms with Gasteiger partial charge in [-0.25, -0.2) is 9.59 Å². The number of carbonyl (C=O) groups is 3. The molecule has 0 aromatic carbocycles. The van der Waals surface area contributed by atoms with E-state index in [9.17, 15) is 14.4 Å². The van der Waals surface area contributed by atoms with Crippen molar-refractivity contribution in [2.45, 2.75) is 99.9 Å². The molecule has 0 fully saturated rings. The van der Waals surface area contributed by atoms with Crippen LogP contribution in [0.5, 0.6) is 0 Å². The molecule has 1 unspecified atom stereocenters. The molecule has 0 aromatic heterocycles. The maximum atomic E-state index is 13.2. The highest BCUT2D eigenvalue weighted by atomic mass is 32.1. The van der Waals surface area contributed by atoms with E-state index >= 15 is 0 Å². The number of hydrogen-bond donors (Lipinski definition) is 3. The Labute approximate surface area is 198 Å². The van der Waals surface area contributed by atoms with Gasteiger partial charge in [-0.3, -0.25) is 4.79 Å². The van der Waals surface area contributed by atoms with E-state index in [1.54, 1.807) is 20.8 Å². The Balaban J connectivity index is 5.69. The Hall–Kier alpha value is -1.90. The van der Waals surface area contributed by atoms with Gasteiger partial charge in [0.2, 0.25) is 5.91 Å². The van der Waals surface area contributed by atoms with Crippen molar-refractivity contribution in [3.8, 4) is 0 Å². The summed E-state index contributed by atoms with van der Waals surface area (Å²) in [6.45, 7) is 20.4. The van der Waals surface area contributed by atoms with Crippen molar-refractivity contribution in [3.05, 3.63) is 0 Å². The average Bonchev–Trinajstić information content (AvgIpc) is 2.57. The Kier molecular flexibility index (Phi) is 10.6. The molecular weight excluding hydrogens is 430 g/mol. The largest absolute Gasteiger partial charge is 0.467 e. The van der Waals surface area contributed by atoms with Crippen molar-refractivity contribution in [2.24, 2.45) is 16.7 Å². The van der Waals surface area contributed by atoms with E-state index in [1.807, 2.05) is 55.4 Å². The van der Waals surface area contributed by atoms with Crippen LogP contribution in [0.25, 0.3) is 0 Å². The number of ether oxygens (including phenoxy) is 2. The number of amides is 2. The maximum Gasteiger partial charge on any atom is 0.408 e. The van der Waals surface area contributed by atoms with Crippen LogP contribution in [0.1, 0.15) is 76.2 Å². The molecule has 0 heterocycles. The van der Waals surface area contributed by atoms with E-state index in [4.69, 9.17) is 21.7 Å². The number of alkyl carbamates (subject to hydrolysis) is 1. The number of thiocarbonyl (C=S) groups is 1. The second-order valence-electron chi connectivity index (χ2n) is 11.5. The van der Waals surface area contributed by atoms with Gasteiger partial charge in [-0.05, 0) is 37.5 Å². The first kappa shape index (κ1) is 30.1. The van der Waals surface area contributed by atoms with Gasteiger partial charge in [-0.1, -0.05) is 67.6 Å². The van der Waals surface area contributed by atoms with Crippen molar-refractivity contribution in [2.75, 3.05) is 7.11 Å². The fraction of sp³-hybridized carbons (Fsp3) is 0.826. The van der Waals surface area contributed by atoms with Crippen molar-refractivity contribution in [1.29, 1.82) is 0 Å². The van der Waals surface area contributed by atoms with Crippen LogP contribution in [-0.4, -0.2) is 53.8 Å². The molecule has 0 radical (unpaired) electrons. The highest BCUT2D eigenvalue weighted by molar-refractivity contribution is 7.80. The summed E-state index contributed by atoms with van der Waals surface area (Å²) in [4.78, 5) is 38.1. The molecule has 32 heavy (non-hydrogen) atoms. The van der Waals surface area contributed by atoms with Gasteiger partial charge < -0.3 is 25.4 Å². The summed E-state index contributed by atoms with van der Waals surface area (Å²) in [6, 6.07) is -2.11. The molecule has 9 heteroatoms. The fourth-order valence-electron chi connectivity index (χ4n) is 2.85. The molecule has 0 aliphatic carbocycles. The van der Waals surface area contributed by atoms with Crippen LogP contribution >= 0.6 is 12.2 Å². The van der Waals surface area contributed by atoms with Gasteiger partial charge in [0.25, 0.3) is 0 Å². The van der Waals surface area contributed by atoms with Gasteiger partial charge in [0.05, 0.1) is 18.1 Å². The molecule has 2 amide bonds. The first-order chi connectivity index (χ1) is 14.2. The van der Waals surface area contributed by atoms with E-state index in [0.717, 1.165) is 0 Å². The summed E-state index contributed by atoms with van der Waals surface area (Å²) in [5, 5.41) is 8.69. The summed E-state index contributed by atoms with van der Waals surface area (Å²) < 4.78 is 10.2. The topological polar surface area (TPSA) is 106 Å². The number of nitrogens with one attached hydrogen (secondary N) is 3. The van der Waals surface area contributed by atoms with Gasteiger partial charge >= 0.3 is 12.1 Å². The zero-order valence-corrected chi connectivity index (χ0v) is 22.6. The summed E-state index contributed by atoms with van der Waals surface area (Å²) in [6.07, 6.45) is -0.669. The van der Waals surface area contributed by atoms with Gasteiger partial charge in [0, 0.05) is 0 Å². The lowest BCUT2D eigenvalue weighted by molar-refractivity contribution is -0.145. The zero-order chi connectivity index (χ0) is 25.7. The molecule has 0 aliphatic heterocycles. The van der Waals surface area contributed by atoms with Crippen LogP contribution < -0.4 is 16.0 Å². The minimum atomic E-state index is -0.823. The van der Waals surface area contributed by atoms with Crippen molar-refractivity contribution < 1.29 is 23.9 Å². The highest BCUT2D eigenvalue weighted by Gasteiger charge is 2.38. The Morgan fingerprint density at radius 3 is 1.59 bits per heavy atom. The van der Waals surface area contributed by atoms with Crippen molar-refractivity contribution in [1.82, 2.24) is 16.0 Å². The second kappa shape index (κ2) is 11.3. The maximum absolute atomic E-state index is 13.2. The molecule has 0 aromatic rings. The smallest absolute Gasteiger partial charge is 0.408 e. The van der Waals surface area contributed by atoms with E-state index in [0.29, 0.717) is 4.99 Å². The molecule has 8 nitrogen and oxygen atoms in total. The first-order valence-electron chi connectivity index (χ1n) is 10.9. The number of carbonyl (C=O) groups excluding carboxylic acids is 3. The average molecular weight is 474 g/mol. The van der Waals surface area contributed by atoms with Gasteiger partial charge in [-0.2, -0.15) is 0 Å². The lowest BCUT2D eigenvalue weighted by atomic mass is 9.83. The lowest BCUT2D eigenvalue weighted by Gasteiger charge is -2.37. The van der Waals surface area contributed by atoms with Crippen LogP contribution in [0.3, 0.4) is 0 Å². The second-order valence-corrected chi connectivity index (χ2v) is 11.9. The fourth-order valence-corrected chi connectivity index (χ4v) is 3.38. The molecular formula is C23H43N3O5S. The molecule has 0 spiro atoms. The molecule has 0 saturated heterocycles. The SMILES string of the molecule is COC(=O)[C@@H](NC(=S)C(NC(=O)[C@@H](NC(=O)OC(C)(C)C)C(C)C)C(C)(C)C)C(C)(C)C. The van der Waals surface area contributed by atoms with Crippen LogP contribution in [0.2, 0.25) is 0 Å². The van der Waals surface area contributed by atoms with E-state index in [-0.39, 0.29) is 11.8 Å². The number of rotatable bonds is 7. The summed E-state index contributed by atoms with van der Waals surface area (Å²) >= 11 is 5.62. The minimum absolute atomic E-state index is 0.193. The molecule has 3 atom stereocenters. The summed E-state index contributed by atoms with van der Waals surface area (Å²) in [5.41, 5.74) is -1.62. The van der Waals surface area contributed by atoms with Crippen molar-refractivity contribution in [3.63, 3.8) is 0 Å². The van der Waals surface area contributed by atoms with Gasteiger partial charge in [0.15, 0.2) is 0 Å². The molecule has 3 N–H and O–H groups in total. The monoisotopic (exact) mass is 473 g/mol. The molecule has 0 rings (SSSR count). The number of methoxy groups -OCH3 is 1. The summed E-state index contributed by atoms with van der Waals surface area (Å²) in [5.74, 6) is -1.02. The van der Waals surface area contributed by atoms with Gasteiger partial charge in [0.1, 0.15) is 17.7 Å². The van der Waals surface area contributed by atoms with Crippen molar-refractivity contribution >= 4 is 35.2 Å². The minimum Gasteiger partial charge on any atom is -0.467 e. The molecule has 0 bridgehead atoms. The Morgan fingerprint density at radius 2 is 1.25 bits per heavy atom. The third-order valence-corrected chi connectivity index (χ3v) is 4.98. The first-order valence-corrected chi connectivity index (χ1v) is 11.3. The van der Waals surface area contributed by atoms with Crippen LogP contribution in [0, 0.1) is 16.7 Å². The quantitative estimate of drug-likeness (QED) is 0.383. The number of hydrogen-bond acceptors (Lipinski definition) is 6. The normalized spacial score (nSPS) is 15.3. The predicted octanol–water partition coefficient (Wildman–Crippen LogP) is 3.57. The van der Waals surface area contributed by atoms with E-state index in [2.05, 4.69) is 16.0 Å². The third kappa shape index (κ3) is 10.1. The molecule has 186 valence electrons. The predicted molar refractivity (Wildman–Crippen MR) is 130 cm³/mol. The van der Waals surface area contributed by atoms with Crippen LogP contribution in [0.4, 0.5) is 4.79 Å². The Morgan fingerprint density at radius 1 is 0.781 bits per heavy atom. The highest BCUT2D eigenvalue weighted by Crippen LogP contribution is 2.24. The lowest BCUT2D eigenvalue weighted by Crippen LogP contribution is -2.61. The van der Waals surface area contributed by atoms with E-state index < -0.39 is 46.6 Å². The standard InChI is InChI=1S/C23H43N3O5S/c1-13(2)14(24-20(29)31-23(9,10)11)17(27)25-15(21(3,4)5)18(32)26-16(19(28)30-12)22(6,7)8/h13-16H,1-12H3,(H,24,29)(H,25,27)(H,26,32)/t14-,15?,16+/m0/s1. The Bertz CT molecular complexity index is 687. The van der Waals surface area contributed by atoms with E-state index in [1.165, 1.54) is 7.11 Å². The molecule has 0 aliphatic rings. The third-order valence-electron chi connectivity index (χ3n) is 4.63. The summed E-state index contributed by atoms with van der Waals surface area (Å²) in [7, 11) is 1.32. The number of esters is 1. The van der Waals surface area contributed by atoms with Crippen LogP contribution in [0.15, 0.2) is 0 Å². The molecule has 0 saturated carbocycles. The van der Waals surface area contributed by atoms with Gasteiger partial charge in [-0.15, -0.1) is 0 Å².